The van der Waals surface area contributed by atoms with Crippen LogP contribution in [0.2, 0.25) is 0 Å². The van der Waals surface area contributed by atoms with Gasteiger partial charge < -0.3 is 9.73 Å². The first-order chi connectivity index (χ1) is 16.6. The second-order valence-corrected chi connectivity index (χ2v) is 9.66. The van der Waals surface area contributed by atoms with E-state index in [1.165, 1.54) is 10.8 Å². The molecular formula is C25H27F3N4O3. The predicted octanol–water partition coefficient (Wildman–Crippen LogP) is 4.27. The number of oxazole rings is 1. The van der Waals surface area contributed by atoms with Gasteiger partial charge in [0.05, 0.1) is 11.3 Å². The van der Waals surface area contributed by atoms with Crippen LogP contribution in [0.15, 0.2) is 44.5 Å². The highest BCUT2D eigenvalue weighted by Gasteiger charge is 2.60. The Labute approximate surface area is 199 Å². The van der Waals surface area contributed by atoms with Crippen molar-refractivity contribution in [1.82, 2.24) is 19.9 Å². The van der Waals surface area contributed by atoms with Crippen LogP contribution in [0, 0.1) is 19.8 Å². The molecule has 2 aromatic heterocycles. The Balaban J connectivity index is 1.17. The van der Waals surface area contributed by atoms with Crippen LogP contribution in [0.4, 0.5) is 13.2 Å². The van der Waals surface area contributed by atoms with E-state index < -0.39 is 23.0 Å². The highest BCUT2D eigenvalue weighted by Crippen LogP contribution is 2.59. The quantitative estimate of drug-likeness (QED) is 0.485. The molecule has 1 saturated heterocycles. The van der Waals surface area contributed by atoms with Gasteiger partial charge in [0.15, 0.2) is 11.7 Å². The number of aromatic amines is 1. The Bertz CT molecular complexity index is 1360. The summed E-state index contributed by atoms with van der Waals surface area (Å²) >= 11 is 0. The summed E-state index contributed by atoms with van der Waals surface area (Å²) in [6, 6.07) is 5.80. The number of halogens is 3. The lowest BCUT2D eigenvalue weighted by atomic mass is 10.0. The first-order valence-corrected chi connectivity index (χ1v) is 11.8. The molecule has 3 heterocycles. The maximum absolute atomic E-state index is 12.9. The zero-order chi connectivity index (χ0) is 25.0. The average Bonchev–Trinajstić information content (AvgIpc) is 3.19. The van der Waals surface area contributed by atoms with Crippen LogP contribution in [0.3, 0.4) is 0 Å². The van der Waals surface area contributed by atoms with Crippen molar-refractivity contribution in [2.24, 2.45) is 5.92 Å². The number of aryl methyl sites for hydroxylation is 3. The molecular weight excluding hydrogens is 461 g/mol. The van der Waals surface area contributed by atoms with Crippen LogP contribution in [0.25, 0.3) is 11.3 Å². The fourth-order valence-corrected chi connectivity index (χ4v) is 5.43. The third-order valence-corrected chi connectivity index (χ3v) is 7.22. The topological polar surface area (TPSA) is 92.9 Å². The van der Waals surface area contributed by atoms with Crippen molar-refractivity contribution >= 4 is 0 Å². The van der Waals surface area contributed by atoms with E-state index in [-0.39, 0.29) is 11.1 Å². The van der Waals surface area contributed by atoms with Crippen LogP contribution in [-0.2, 0) is 18.3 Å². The number of hydrogen-bond donors (Lipinski definition) is 2. The lowest BCUT2D eigenvalue weighted by molar-refractivity contribution is -0.137. The van der Waals surface area contributed by atoms with Crippen LogP contribution in [0.5, 0.6) is 0 Å². The molecule has 1 aromatic carbocycles. The molecule has 1 unspecified atom stereocenters. The van der Waals surface area contributed by atoms with Crippen molar-refractivity contribution in [3.8, 4) is 11.3 Å². The van der Waals surface area contributed by atoms with Gasteiger partial charge in [-0.3, -0.25) is 14.3 Å². The molecule has 2 fully saturated rings. The van der Waals surface area contributed by atoms with Gasteiger partial charge in [-0.25, -0.2) is 9.78 Å². The van der Waals surface area contributed by atoms with Gasteiger partial charge in [0.2, 0.25) is 0 Å². The van der Waals surface area contributed by atoms with Gasteiger partial charge in [-0.1, -0.05) is 18.6 Å². The number of fused-ring (bicyclic) bond motifs is 1. The van der Waals surface area contributed by atoms with Crippen molar-refractivity contribution < 1.29 is 17.6 Å². The molecule has 3 aromatic rings. The van der Waals surface area contributed by atoms with E-state index in [2.05, 4.69) is 15.3 Å². The molecule has 1 aliphatic heterocycles. The van der Waals surface area contributed by atoms with Gasteiger partial charge >= 0.3 is 11.9 Å². The molecule has 2 N–H and O–H groups in total. The zero-order valence-corrected chi connectivity index (χ0v) is 19.5. The highest BCUT2D eigenvalue weighted by molar-refractivity contribution is 5.57. The average molecular weight is 489 g/mol. The van der Waals surface area contributed by atoms with Crippen LogP contribution in [0.1, 0.15) is 54.8 Å². The van der Waals surface area contributed by atoms with Crippen LogP contribution < -0.4 is 16.6 Å². The molecule has 2 aliphatic rings. The van der Waals surface area contributed by atoms with E-state index in [1.54, 1.807) is 26.0 Å². The zero-order valence-electron chi connectivity index (χ0n) is 19.5. The molecule has 5 rings (SSSR count). The molecule has 0 spiro atoms. The number of aromatic nitrogens is 3. The molecule has 35 heavy (non-hydrogen) atoms. The minimum absolute atomic E-state index is 0.202. The molecule has 1 saturated carbocycles. The molecule has 186 valence electrons. The number of nitrogens with one attached hydrogen (secondary N) is 2. The first-order valence-electron chi connectivity index (χ1n) is 11.8. The highest BCUT2D eigenvalue weighted by atomic mass is 19.4. The van der Waals surface area contributed by atoms with Crippen molar-refractivity contribution in [3.63, 3.8) is 0 Å². The lowest BCUT2D eigenvalue weighted by Gasteiger charge is -2.20. The normalized spacial score (nSPS) is 23.5. The molecule has 7 nitrogen and oxygen atoms in total. The van der Waals surface area contributed by atoms with E-state index in [1.807, 2.05) is 0 Å². The molecule has 0 bridgehead atoms. The summed E-state index contributed by atoms with van der Waals surface area (Å²) in [6.45, 7) is 3.90. The van der Waals surface area contributed by atoms with Crippen molar-refractivity contribution in [2.45, 2.75) is 70.3 Å². The van der Waals surface area contributed by atoms with Crippen molar-refractivity contribution in [2.75, 3.05) is 0 Å². The second kappa shape index (κ2) is 8.51. The van der Waals surface area contributed by atoms with Crippen molar-refractivity contribution in [3.05, 3.63) is 74.0 Å². The largest absolute Gasteiger partial charge is 0.440 e. The first kappa shape index (κ1) is 23.6. The minimum atomic E-state index is -4.33. The van der Waals surface area contributed by atoms with Gasteiger partial charge in [0, 0.05) is 31.2 Å². The number of rotatable bonds is 7. The van der Waals surface area contributed by atoms with Gasteiger partial charge in [-0.15, -0.1) is 0 Å². The van der Waals surface area contributed by atoms with Gasteiger partial charge in [0.1, 0.15) is 5.56 Å². The van der Waals surface area contributed by atoms with Gasteiger partial charge in [-0.05, 0) is 56.2 Å². The Hall–Kier alpha value is -3.14. The van der Waals surface area contributed by atoms with E-state index in [0.29, 0.717) is 35.8 Å². The van der Waals surface area contributed by atoms with E-state index >= 15 is 0 Å². The number of alkyl halides is 3. The minimum Gasteiger partial charge on any atom is -0.440 e. The van der Waals surface area contributed by atoms with E-state index in [4.69, 9.17) is 4.42 Å². The van der Waals surface area contributed by atoms with Crippen LogP contribution >= 0.6 is 0 Å². The number of piperidine rings is 1. The molecule has 0 amide bonds. The maximum Gasteiger partial charge on any atom is 0.416 e. The Kier molecular flexibility index (Phi) is 5.74. The number of unbranched alkanes of at least 4 members (excludes halogenated alkanes) is 1. The smallest absolute Gasteiger partial charge is 0.416 e. The summed E-state index contributed by atoms with van der Waals surface area (Å²) in [4.78, 5) is 31.1. The number of hydrogen-bond acceptors (Lipinski definition) is 5. The summed E-state index contributed by atoms with van der Waals surface area (Å²) in [7, 11) is 0. The van der Waals surface area contributed by atoms with E-state index in [9.17, 15) is 22.8 Å². The molecule has 0 radical (unpaired) electrons. The monoisotopic (exact) mass is 488 g/mol. The maximum atomic E-state index is 12.9. The molecule has 3 atom stereocenters. The van der Waals surface area contributed by atoms with Crippen LogP contribution in [-0.4, -0.2) is 20.6 Å². The van der Waals surface area contributed by atoms with Crippen molar-refractivity contribution in [1.29, 1.82) is 0 Å². The summed E-state index contributed by atoms with van der Waals surface area (Å²) in [5.74, 6) is 1.26. The third kappa shape index (κ3) is 4.47. The number of nitrogens with zero attached hydrogens (tertiary/aromatic N) is 2. The fourth-order valence-electron chi connectivity index (χ4n) is 5.43. The Morgan fingerprint density at radius 2 is 1.91 bits per heavy atom. The standard InChI is InChI=1S/C25H27F3N4O3/c1-14-21(35-15(2)29-14)20-13-32(23(34)30-22(20)33)10-4-3-5-19-11-18-12-24(18,31-19)16-6-8-17(9-7-16)25(26,27)28/h6-9,13,18-19,31H,3-5,10-12H2,1-2H3,(H,30,33,34)/t18-,19?,24-/m1/s1. The predicted molar refractivity (Wildman–Crippen MR) is 123 cm³/mol. The second-order valence-electron chi connectivity index (χ2n) is 9.66. The summed E-state index contributed by atoms with van der Waals surface area (Å²) in [5, 5.41) is 3.66. The van der Waals surface area contributed by atoms with Gasteiger partial charge in [0.25, 0.3) is 5.56 Å². The Morgan fingerprint density at radius 1 is 1.17 bits per heavy atom. The Morgan fingerprint density at radius 3 is 2.57 bits per heavy atom. The summed E-state index contributed by atoms with van der Waals surface area (Å²) in [5.41, 5.74) is -0.0126. The number of H-pyrrole nitrogens is 1. The number of benzene rings is 1. The fraction of sp³-hybridized carbons (Fsp3) is 0.480. The SMILES string of the molecule is Cc1nc(C)c(-c2cn(CCCCC3C[C@@H]4C[C@]4(c4ccc(C(F)(F)F)cc4)N3)c(=O)[nH]c2=O)o1. The third-order valence-electron chi connectivity index (χ3n) is 7.22. The molecule has 10 heteroatoms. The molecule has 1 aliphatic carbocycles. The lowest BCUT2D eigenvalue weighted by Crippen LogP contribution is -2.33. The summed E-state index contributed by atoms with van der Waals surface area (Å²) < 4.78 is 45.6. The van der Waals surface area contributed by atoms with Gasteiger partial charge in [-0.2, -0.15) is 13.2 Å². The van der Waals surface area contributed by atoms with E-state index in [0.717, 1.165) is 49.8 Å². The summed E-state index contributed by atoms with van der Waals surface area (Å²) in [6.07, 6.45) is 1.66.